The molecule has 0 aromatic rings. The van der Waals surface area contributed by atoms with Crippen molar-refractivity contribution in [3.05, 3.63) is 60.8 Å². The molecule has 9 heteroatoms. The minimum atomic E-state index is -4.28. The molecule has 0 aliphatic carbocycles. The van der Waals surface area contributed by atoms with Crippen LogP contribution in [0.1, 0.15) is 174 Å². The van der Waals surface area contributed by atoms with Gasteiger partial charge in [0.2, 0.25) is 0 Å². The smallest absolute Gasteiger partial charge is 0.457 e. The van der Waals surface area contributed by atoms with E-state index in [-0.39, 0.29) is 25.8 Å². The van der Waals surface area contributed by atoms with Crippen LogP contribution in [0.2, 0.25) is 0 Å². The van der Waals surface area contributed by atoms with Gasteiger partial charge in [-0.3, -0.25) is 13.8 Å². The molecule has 0 aromatic carbocycles. The number of carbonyl (C=O) groups is 1. The summed E-state index contributed by atoms with van der Waals surface area (Å²) < 4.78 is 35.0. The number of phosphoric acid groups is 1. The number of esters is 1. The Morgan fingerprint density at radius 2 is 1.00 bits per heavy atom. The highest BCUT2D eigenvalue weighted by molar-refractivity contribution is 7.47. The molecule has 0 aromatic heterocycles. The third-order valence-electron chi connectivity index (χ3n) is 9.30. The summed E-state index contributed by atoms with van der Waals surface area (Å²) in [5.41, 5.74) is 0. The van der Waals surface area contributed by atoms with Crippen molar-refractivity contribution in [2.24, 2.45) is 0 Å². The van der Waals surface area contributed by atoms with Gasteiger partial charge >= 0.3 is 13.8 Å². The van der Waals surface area contributed by atoms with Crippen molar-refractivity contribution in [1.29, 1.82) is 0 Å². The number of hydrogen-bond donors (Lipinski definition) is 1. The third kappa shape index (κ3) is 43.3. The molecule has 0 bridgehead atoms. The van der Waals surface area contributed by atoms with Gasteiger partial charge in [-0.05, 0) is 77.0 Å². The van der Waals surface area contributed by atoms with Gasteiger partial charge in [-0.15, -0.1) is 0 Å². The number of phosphoric ester groups is 1. The molecular weight excluding hydrogens is 721 g/mol. The highest BCUT2D eigenvalue weighted by Crippen LogP contribution is 2.43. The summed E-state index contributed by atoms with van der Waals surface area (Å²) in [6, 6.07) is 0. The number of nitrogens with zero attached hydrogens (tertiary/aromatic N) is 1. The highest BCUT2D eigenvalue weighted by Gasteiger charge is 2.26. The largest absolute Gasteiger partial charge is 0.472 e. The lowest BCUT2D eigenvalue weighted by Crippen LogP contribution is -2.37. The zero-order valence-electron chi connectivity index (χ0n) is 36.9. The molecule has 0 saturated heterocycles. The molecule has 1 N–H and O–H groups in total. The van der Waals surface area contributed by atoms with Crippen molar-refractivity contribution < 1.29 is 37.3 Å². The molecule has 0 radical (unpaired) electrons. The van der Waals surface area contributed by atoms with Crippen molar-refractivity contribution in [3.8, 4) is 0 Å². The number of allylic oxidation sites excluding steroid dienone is 10. The second-order valence-corrected chi connectivity index (χ2v) is 17.5. The van der Waals surface area contributed by atoms with Crippen LogP contribution in [0.5, 0.6) is 0 Å². The van der Waals surface area contributed by atoms with Gasteiger partial charge in [0.05, 0.1) is 34.4 Å². The number of carbonyl (C=O) groups excluding carboxylic acids is 1. The second kappa shape index (κ2) is 40.0. The van der Waals surface area contributed by atoms with E-state index in [1.807, 2.05) is 21.1 Å². The molecule has 0 amide bonds. The van der Waals surface area contributed by atoms with Crippen LogP contribution in [0.4, 0.5) is 0 Å². The molecule has 0 spiro atoms. The minimum absolute atomic E-state index is 0.0810. The molecule has 0 aliphatic rings. The molecule has 0 fully saturated rings. The molecule has 0 saturated carbocycles. The Morgan fingerprint density at radius 3 is 1.52 bits per heavy atom. The highest BCUT2D eigenvalue weighted by atomic mass is 31.2. The predicted octanol–water partition coefficient (Wildman–Crippen LogP) is 13.3. The van der Waals surface area contributed by atoms with Crippen molar-refractivity contribution in [2.45, 2.75) is 180 Å². The maximum absolute atomic E-state index is 12.7. The van der Waals surface area contributed by atoms with Crippen LogP contribution in [0, 0.1) is 0 Å². The van der Waals surface area contributed by atoms with Crippen molar-refractivity contribution >= 4 is 13.8 Å². The van der Waals surface area contributed by atoms with Crippen LogP contribution >= 0.6 is 7.82 Å². The summed E-state index contributed by atoms with van der Waals surface area (Å²) in [5, 5.41) is 0. The van der Waals surface area contributed by atoms with Crippen LogP contribution in [-0.2, 0) is 27.9 Å². The van der Waals surface area contributed by atoms with E-state index in [1.54, 1.807) is 0 Å². The molecule has 0 heterocycles. The fourth-order valence-corrected chi connectivity index (χ4v) is 6.49. The standard InChI is InChI=1S/C47H86NO7P/c1-6-8-10-12-14-16-18-20-22-23-24-25-26-27-29-31-33-35-37-39-42-52-44-46(45-54-56(50,51)53-43-41-48(3,4)5)55-47(49)40-38-36-34-32-30-28-21-19-17-15-13-11-9-7-2/h13-16,19-22,24-25,46H,6-12,17-18,23,26-45H2,1-5H3/p+1/b15-13-,16-14-,21-19-,22-20-,25-24-. The van der Waals surface area contributed by atoms with Gasteiger partial charge < -0.3 is 18.9 Å². The lowest BCUT2D eigenvalue weighted by molar-refractivity contribution is -0.870. The van der Waals surface area contributed by atoms with E-state index in [9.17, 15) is 14.3 Å². The Hall–Kier alpha value is -1.80. The molecule has 8 nitrogen and oxygen atoms in total. The Balaban J connectivity index is 4.25. The molecule has 0 aliphatic heterocycles. The minimum Gasteiger partial charge on any atom is -0.457 e. The number of ether oxygens (including phenoxy) is 2. The Bertz CT molecular complexity index is 1080. The van der Waals surface area contributed by atoms with Crippen molar-refractivity contribution in [2.75, 3.05) is 54.1 Å². The van der Waals surface area contributed by atoms with Gasteiger partial charge in [-0.25, -0.2) is 4.57 Å². The van der Waals surface area contributed by atoms with E-state index in [0.717, 1.165) is 77.0 Å². The average molecular weight is 809 g/mol. The quantitative estimate of drug-likeness (QED) is 0.0216. The van der Waals surface area contributed by atoms with Crippen molar-refractivity contribution in [3.63, 3.8) is 0 Å². The SMILES string of the molecule is CCCC/C=C\C/C=C\CCCCCCCC(=O)OC(COCCCCCCCCC/C=C\C/C=C\C/C=C\CCCCC)COP(=O)(O)OCC[N+](C)(C)C. The van der Waals surface area contributed by atoms with E-state index >= 15 is 0 Å². The van der Waals surface area contributed by atoms with E-state index in [1.165, 1.54) is 77.0 Å². The van der Waals surface area contributed by atoms with E-state index < -0.39 is 13.9 Å². The van der Waals surface area contributed by atoms with Crippen molar-refractivity contribution in [1.82, 2.24) is 0 Å². The summed E-state index contributed by atoms with van der Waals surface area (Å²) in [4.78, 5) is 22.9. The molecule has 2 unspecified atom stereocenters. The number of rotatable bonds is 41. The van der Waals surface area contributed by atoms with Crippen LogP contribution in [0.15, 0.2) is 60.8 Å². The monoisotopic (exact) mass is 809 g/mol. The molecule has 56 heavy (non-hydrogen) atoms. The molecular formula is C47H87NO7P+. The Labute approximate surface area is 345 Å². The molecule has 2 atom stereocenters. The summed E-state index contributed by atoms with van der Waals surface area (Å²) in [5.74, 6) is -0.334. The number of hydrogen-bond acceptors (Lipinski definition) is 6. The van der Waals surface area contributed by atoms with Crippen LogP contribution in [0.25, 0.3) is 0 Å². The first-order chi connectivity index (χ1) is 27.1. The second-order valence-electron chi connectivity index (χ2n) is 16.1. The van der Waals surface area contributed by atoms with Crippen LogP contribution in [-0.4, -0.2) is 75.6 Å². The van der Waals surface area contributed by atoms with Gasteiger partial charge in [0.25, 0.3) is 0 Å². The fraction of sp³-hybridized carbons (Fsp3) is 0.766. The van der Waals surface area contributed by atoms with E-state index in [0.29, 0.717) is 24.1 Å². The predicted molar refractivity (Wildman–Crippen MR) is 238 cm³/mol. The van der Waals surface area contributed by atoms with Crippen LogP contribution < -0.4 is 0 Å². The summed E-state index contributed by atoms with van der Waals surface area (Å²) in [7, 11) is 1.64. The number of quaternary nitrogens is 1. The topological polar surface area (TPSA) is 91.3 Å². The summed E-state index contributed by atoms with van der Waals surface area (Å²) in [6.45, 7) is 5.50. The first kappa shape index (κ1) is 54.2. The third-order valence-corrected chi connectivity index (χ3v) is 10.3. The number of likely N-dealkylation sites (N-methyl/N-ethyl adjacent to an activating group) is 1. The van der Waals surface area contributed by atoms with Gasteiger partial charge in [-0.1, -0.05) is 152 Å². The average Bonchev–Trinajstić information content (AvgIpc) is 3.15. The fourth-order valence-electron chi connectivity index (χ4n) is 5.75. The Kier molecular flexibility index (Phi) is 38.7. The van der Waals surface area contributed by atoms with Gasteiger partial charge in [0, 0.05) is 13.0 Å². The van der Waals surface area contributed by atoms with Gasteiger partial charge in [0.15, 0.2) is 0 Å². The van der Waals surface area contributed by atoms with Crippen LogP contribution in [0.3, 0.4) is 0 Å². The first-order valence-electron chi connectivity index (χ1n) is 22.5. The first-order valence-corrected chi connectivity index (χ1v) is 24.0. The number of unbranched alkanes of at least 4 members (excludes halogenated alkanes) is 17. The lowest BCUT2D eigenvalue weighted by Gasteiger charge is -2.24. The molecule has 0 rings (SSSR count). The van der Waals surface area contributed by atoms with E-state index in [4.69, 9.17) is 18.5 Å². The summed E-state index contributed by atoms with van der Waals surface area (Å²) >= 11 is 0. The zero-order chi connectivity index (χ0) is 41.3. The lowest BCUT2D eigenvalue weighted by atomic mass is 10.1. The Morgan fingerprint density at radius 1 is 0.554 bits per heavy atom. The van der Waals surface area contributed by atoms with Gasteiger partial charge in [-0.2, -0.15) is 0 Å². The molecule has 326 valence electrons. The van der Waals surface area contributed by atoms with E-state index in [2.05, 4.69) is 74.6 Å². The normalized spacial score (nSPS) is 14.3. The summed E-state index contributed by atoms with van der Waals surface area (Å²) in [6.07, 6.45) is 49.6. The maximum atomic E-state index is 12.7. The van der Waals surface area contributed by atoms with Gasteiger partial charge in [0.1, 0.15) is 19.3 Å². The zero-order valence-corrected chi connectivity index (χ0v) is 37.7. The maximum Gasteiger partial charge on any atom is 0.472 e.